The van der Waals surface area contributed by atoms with Gasteiger partial charge in [-0.2, -0.15) is 0 Å². The van der Waals surface area contributed by atoms with Gasteiger partial charge in [-0.3, -0.25) is 14.2 Å². The molecule has 0 heterocycles. The van der Waals surface area contributed by atoms with Crippen molar-refractivity contribution in [2.45, 2.75) is 200 Å². The van der Waals surface area contributed by atoms with Crippen LogP contribution in [-0.4, -0.2) is 70.0 Å². The molecule has 10 heteroatoms. The van der Waals surface area contributed by atoms with Crippen LogP contribution in [0.2, 0.25) is 0 Å². The molecule has 0 rings (SSSR count). The molecule has 0 aliphatic carbocycles. The number of ether oxygens (including phenoxy) is 2. The lowest BCUT2D eigenvalue weighted by atomic mass is 10.0. The Morgan fingerprint density at radius 1 is 0.556 bits per heavy atom. The molecule has 0 aromatic rings. The van der Waals surface area contributed by atoms with Crippen LogP contribution in [0, 0.1) is 0 Å². The highest BCUT2D eigenvalue weighted by Gasteiger charge is 2.21. The van der Waals surface area contributed by atoms with Crippen molar-refractivity contribution in [2.75, 3.05) is 47.5 Å². The predicted molar refractivity (Wildman–Crippen MR) is 222 cm³/mol. The van der Waals surface area contributed by atoms with E-state index in [0.717, 1.165) is 38.5 Å². The van der Waals surface area contributed by atoms with E-state index in [1.54, 1.807) is 0 Å². The molecule has 0 spiro atoms. The predicted octanol–water partition coefficient (Wildman–Crippen LogP) is 11.7. The normalized spacial score (nSPS) is 13.8. The van der Waals surface area contributed by atoms with E-state index in [2.05, 4.69) is 38.2 Å². The molecule has 54 heavy (non-hydrogen) atoms. The molecule has 318 valence electrons. The third-order valence-electron chi connectivity index (χ3n) is 9.63. The Labute approximate surface area is 332 Å². The van der Waals surface area contributed by atoms with Crippen LogP contribution >= 0.6 is 7.82 Å². The first-order valence-corrected chi connectivity index (χ1v) is 23.4. The van der Waals surface area contributed by atoms with Crippen LogP contribution in [0.25, 0.3) is 0 Å². The largest absolute Gasteiger partial charge is 0.756 e. The van der Waals surface area contributed by atoms with Crippen molar-refractivity contribution in [2.24, 2.45) is 0 Å². The first-order valence-electron chi connectivity index (χ1n) is 22.0. The SMILES string of the molecule is C/C=C/CCCCCCCCCCCCCCC(=O)OCC(COP(=O)([O-])OCC[N+](C)(C)C)OC(=O)CCCCCCCCCCCCCC/C=C/C. The maximum atomic E-state index is 12.7. The Balaban J connectivity index is 4.31. The highest BCUT2D eigenvalue weighted by atomic mass is 31.2. The Kier molecular flexibility index (Phi) is 36.1. The second-order valence-electron chi connectivity index (χ2n) is 16.1. The molecule has 0 amide bonds. The summed E-state index contributed by atoms with van der Waals surface area (Å²) in [6.07, 6.45) is 39.3. The molecule has 0 aliphatic rings. The molecule has 2 unspecified atom stereocenters. The van der Waals surface area contributed by atoms with Crippen molar-refractivity contribution in [3.05, 3.63) is 24.3 Å². The van der Waals surface area contributed by atoms with Gasteiger partial charge in [-0.1, -0.05) is 153 Å². The summed E-state index contributed by atoms with van der Waals surface area (Å²) < 4.78 is 33.9. The number of rotatable bonds is 40. The maximum Gasteiger partial charge on any atom is 0.306 e. The molecule has 0 aromatic heterocycles. The van der Waals surface area contributed by atoms with Crippen molar-refractivity contribution in [3.63, 3.8) is 0 Å². The van der Waals surface area contributed by atoms with Crippen LogP contribution in [0.5, 0.6) is 0 Å². The van der Waals surface area contributed by atoms with Crippen LogP contribution in [-0.2, 0) is 32.7 Å². The van der Waals surface area contributed by atoms with E-state index in [-0.39, 0.29) is 32.0 Å². The van der Waals surface area contributed by atoms with Crippen molar-refractivity contribution >= 4 is 19.8 Å². The molecule has 0 saturated heterocycles. The minimum absolute atomic E-state index is 0.0291. The summed E-state index contributed by atoms with van der Waals surface area (Å²) in [5, 5.41) is 0. The van der Waals surface area contributed by atoms with E-state index in [1.807, 2.05) is 21.1 Å². The number of esters is 2. The molecule has 0 N–H and O–H groups in total. The van der Waals surface area contributed by atoms with E-state index >= 15 is 0 Å². The Morgan fingerprint density at radius 2 is 0.926 bits per heavy atom. The summed E-state index contributed by atoms with van der Waals surface area (Å²) in [4.78, 5) is 37.5. The standard InChI is InChI=1S/C44H84NO8P/c1-6-8-10-12-14-16-18-20-22-24-26-28-30-32-34-36-43(46)50-40-42(41-52-54(48,49)51-39-38-45(3,4)5)53-44(47)37-35-33-31-29-27-25-23-21-19-17-15-13-11-9-7-2/h6-9,42H,10-41H2,1-5H3/b8-6+,9-7+. The van der Waals surface area contributed by atoms with Gasteiger partial charge in [0.15, 0.2) is 6.10 Å². The van der Waals surface area contributed by atoms with Crippen LogP contribution in [0.4, 0.5) is 0 Å². The molecular formula is C44H84NO8P. The number of allylic oxidation sites excluding steroid dienone is 4. The molecule has 2 atom stereocenters. The number of carbonyl (C=O) groups excluding carboxylic acids is 2. The van der Waals surface area contributed by atoms with Crippen molar-refractivity contribution in [1.29, 1.82) is 0 Å². The number of likely N-dealkylation sites (N-methyl/N-ethyl adjacent to an activating group) is 1. The van der Waals surface area contributed by atoms with Gasteiger partial charge in [0.1, 0.15) is 19.8 Å². The van der Waals surface area contributed by atoms with Crippen LogP contribution < -0.4 is 4.89 Å². The zero-order valence-electron chi connectivity index (χ0n) is 35.7. The van der Waals surface area contributed by atoms with Gasteiger partial charge in [-0.05, 0) is 52.4 Å². The summed E-state index contributed by atoms with van der Waals surface area (Å²) in [6, 6.07) is 0. The highest BCUT2D eigenvalue weighted by Crippen LogP contribution is 2.38. The maximum absolute atomic E-state index is 12.7. The lowest BCUT2D eigenvalue weighted by molar-refractivity contribution is -0.870. The van der Waals surface area contributed by atoms with Gasteiger partial charge >= 0.3 is 11.9 Å². The van der Waals surface area contributed by atoms with E-state index in [9.17, 15) is 19.0 Å². The Bertz CT molecular complexity index is 980. The average Bonchev–Trinajstić information content (AvgIpc) is 3.12. The topological polar surface area (TPSA) is 111 Å². The van der Waals surface area contributed by atoms with Gasteiger partial charge in [0.25, 0.3) is 7.82 Å². The van der Waals surface area contributed by atoms with Crippen LogP contribution in [0.15, 0.2) is 24.3 Å². The quantitative estimate of drug-likeness (QED) is 0.0198. The second kappa shape index (κ2) is 37.1. The van der Waals surface area contributed by atoms with Crippen LogP contribution in [0.1, 0.15) is 194 Å². The molecule has 0 aliphatic heterocycles. The van der Waals surface area contributed by atoms with Gasteiger partial charge in [-0.25, -0.2) is 0 Å². The van der Waals surface area contributed by atoms with Gasteiger partial charge in [-0.15, -0.1) is 0 Å². The molecular weight excluding hydrogens is 701 g/mol. The molecule has 0 saturated carbocycles. The summed E-state index contributed by atoms with van der Waals surface area (Å²) in [6.45, 7) is 3.89. The van der Waals surface area contributed by atoms with E-state index in [1.165, 1.54) is 122 Å². The molecule has 9 nitrogen and oxygen atoms in total. The van der Waals surface area contributed by atoms with E-state index < -0.39 is 26.5 Å². The number of quaternary nitrogens is 1. The third kappa shape index (κ3) is 40.2. The fraction of sp³-hybridized carbons (Fsp3) is 0.864. The minimum atomic E-state index is -4.62. The highest BCUT2D eigenvalue weighted by molar-refractivity contribution is 7.45. The number of hydrogen-bond donors (Lipinski definition) is 0. The number of carbonyl (C=O) groups is 2. The molecule has 0 bridgehead atoms. The average molecular weight is 786 g/mol. The van der Waals surface area contributed by atoms with E-state index in [0.29, 0.717) is 17.4 Å². The van der Waals surface area contributed by atoms with Crippen molar-refractivity contribution < 1.29 is 42.1 Å². The van der Waals surface area contributed by atoms with Gasteiger partial charge < -0.3 is 27.9 Å². The van der Waals surface area contributed by atoms with Crippen molar-refractivity contribution in [3.8, 4) is 0 Å². The third-order valence-corrected chi connectivity index (χ3v) is 10.6. The Hall–Kier alpha value is -1.51. The lowest BCUT2D eigenvalue weighted by Gasteiger charge is -2.28. The van der Waals surface area contributed by atoms with Gasteiger partial charge in [0.2, 0.25) is 0 Å². The number of hydrogen-bond acceptors (Lipinski definition) is 8. The number of nitrogens with zero attached hydrogens (tertiary/aromatic N) is 1. The van der Waals surface area contributed by atoms with Gasteiger partial charge in [0.05, 0.1) is 27.7 Å². The second-order valence-corrected chi connectivity index (χ2v) is 17.5. The molecule has 0 radical (unpaired) electrons. The fourth-order valence-electron chi connectivity index (χ4n) is 6.19. The van der Waals surface area contributed by atoms with Crippen molar-refractivity contribution in [1.82, 2.24) is 0 Å². The first-order chi connectivity index (χ1) is 26.0. The zero-order chi connectivity index (χ0) is 40.0. The number of unbranched alkanes of at least 4 members (excludes halogenated alkanes) is 24. The van der Waals surface area contributed by atoms with Crippen LogP contribution in [0.3, 0.4) is 0 Å². The van der Waals surface area contributed by atoms with E-state index in [4.69, 9.17) is 18.5 Å². The summed E-state index contributed by atoms with van der Waals surface area (Å²) in [7, 11) is 1.17. The first kappa shape index (κ1) is 52.5. The molecule has 0 aromatic carbocycles. The zero-order valence-corrected chi connectivity index (χ0v) is 36.6. The summed E-state index contributed by atoms with van der Waals surface area (Å²) in [5.41, 5.74) is 0. The fourth-order valence-corrected chi connectivity index (χ4v) is 6.92. The smallest absolute Gasteiger partial charge is 0.306 e. The monoisotopic (exact) mass is 786 g/mol. The number of phosphoric acid groups is 1. The minimum Gasteiger partial charge on any atom is -0.756 e. The molecule has 0 fully saturated rings. The summed E-state index contributed by atoms with van der Waals surface area (Å²) >= 11 is 0. The number of phosphoric ester groups is 1. The van der Waals surface area contributed by atoms with Gasteiger partial charge in [0, 0.05) is 12.8 Å². The lowest BCUT2D eigenvalue weighted by Crippen LogP contribution is -2.37. The summed E-state index contributed by atoms with van der Waals surface area (Å²) in [5.74, 6) is -0.830. The Morgan fingerprint density at radius 3 is 1.31 bits per heavy atom.